The fraction of sp³-hybridized carbons (Fsp3) is 0.467. The average Bonchev–Trinajstić information content (AvgIpc) is 2.47. The lowest BCUT2D eigenvalue weighted by molar-refractivity contribution is -0.123. The summed E-state index contributed by atoms with van der Waals surface area (Å²) in [5.41, 5.74) is 12.6. The van der Waals surface area contributed by atoms with Crippen molar-refractivity contribution in [1.82, 2.24) is 4.90 Å². The summed E-state index contributed by atoms with van der Waals surface area (Å²) in [6, 6.07) is 7.58. The molecular weight excluding hydrogens is 254 g/mol. The normalized spacial score (nSPS) is 16.1. The van der Waals surface area contributed by atoms with Crippen LogP contribution in [0.25, 0.3) is 0 Å². The lowest BCUT2D eigenvalue weighted by Crippen LogP contribution is -2.41. The molecule has 108 valence electrons. The van der Waals surface area contributed by atoms with Crippen molar-refractivity contribution >= 4 is 11.8 Å². The maximum absolute atomic E-state index is 12.4. The zero-order valence-electron chi connectivity index (χ0n) is 11.5. The number of carbonyl (C=O) groups excluding carboxylic acids is 2. The van der Waals surface area contributed by atoms with Gasteiger partial charge in [-0.3, -0.25) is 9.59 Å². The van der Waals surface area contributed by atoms with Gasteiger partial charge in [0.25, 0.3) is 5.91 Å². The van der Waals surface area contributed by atoms with Gasteiger partial charge in [0.05, 0.1) is 0 Å². The van der Waals surface area contributed by atoms with Crippen LogP contribution in [0.5, 0.6) is 0 Å². The summed E-state index contributed by atoms with van der Waals surface area (Å²) < 4.78 is 0. The van der Waals surface area contributed by atoms with Crippen LogP contribution in [0.15, 0.2) is 24.3 Å². The van der Waals surface area contributed by atoms with Crippen LogP contribution in [0, 0.1) is 5.92 Å². The Morgan fingerprint density at radius 1 is 1.25 bits per heavy atom. The molecule has 0 aliphatic carbocycles. The smallest absolute Gasteiger partial charge is 0.253 e. The topological polar surface area (TPSA) is 89.4 Å². The molecule has 1 heterocycles. The first-order valence-electron chi connectivity index (χ1n) is 6.99. The third-order valence-electron chi connectivity index (χ3n) is 3.79. The Labute approximate surface area is 118 Å². The van der Waals surface area contributed by atoms with E-state index in [1.54, 1.807) is 4.90 Å². The van der Waals surface area contributed by atoms with Crippen LogP contribution >= 0.6 is 0 Å². The number of piperidine rings is 1. The van der Waals surface area contributed by atoms with Crippen LogP contribution < -0.4 is 11.5 Å². The number of likely N-dealkylation sites (tertiary alicyclic amines) is 1. The standard InChI is InChI=1S/C15H21N3O2/c16-7-4-11-2-1-3-13(10-11)15(20)18-8-5-12(6-9-18)14(17)19/h1-3,10,12H,4-9,16H2,(H2,17,19). The number of hydrogen-bond donors (Lipinski definition) is 2. The Bertz CT molecular complexity index is 494. The second kappa shape index (κ2) is 6.52. The van der Waals surface area contributed by atoms with Crippen molar-refractivity contribution in [3.05, 3.63) is 35.4 Å². The molecule has 2 amide bonds. The molecule has 5 nitrogen and oxygen atoms in total. The van der Waals surface area contributed by atoms with Crippen molar-refractivity contribution < 1.29 is 9.59 Å². The fourth-order valence-corrected chi connectivity index (χ4v) is 2.58. The number of benzene rings is 1. The molecule has 1 saturated heterocycles. The number of amides is 2. The van der Waals surface area contributed by atoms with Crippen molar-refractivity contribution in [2.24, 2.45) is 17.4 Å². The van der Waals surface area contributed by atoms with Gasteiger partial charge in [0.2, 0.25) is 5.91 Å². The minimum Gasteiger partial charge on any atom is -0.369 e. The van der Waals surface area contributed by atoms with E-state index in [0.29, 0.717) is 38.0 Å². The van der Waals surface area contributed by atoms with Gasteiger partial charge in [-0.25, -0.2) is 0 Å². The van der Waals surface area contributed by atoms with Gasteiger partial charge in [0.1, 0.15) is 0 Å². The molecule has 0 saturated carbocycles. The van der Waals surface area contributed by atoms with Crippen molar-refractivity contribution in [3.63, 3.8) is 0 Å². The third kappa shape index (κ3) is 3.36. The molecule has 1 aromatic carbocycles. The maximum Gasteiger partial charge on any atom is 0.253 e. The van der Waals surface area contributed by atoms with Gasteiger partial charge >= 0.3 is 0 Å². The third-order valence-corrected chi connectivity index (χ3v) is 3.79. The summed E-state index contributed by atoms with van der Waals surface area (Å²) in [4.78, 5) is 25.3. The molecule has 1 aliphatic heterocycles. The number of hydrogen-bond acceptors (Lipinski definition) is 3. The molecule has 1 aromatic rings. The Morgan fingerprint density at radius 3 is 2.55 bits per heavy atom. The van der Waals surface area contributed by atoms with E-state index in [0.717, 1.165) is 12.0 Å². The first-order valence-corrected chi connectivity index (χ1v) is 6.99. The van der Waals surface area contributed by atoms with Crippen LogP contribution in [-0.2, 0) is 11.2 Å². The summed E-state index contributed by atoms with van der Waals surface area (Å²) >= 11 is 0. The average molecular weight is 275 g/mol. The highest BCUT2D eigenvalue weighted by molar-refractivity contribution is 5.94. The van der Waals surface area contributed by atoms with E-state index in [1.165, 1.54) is 0 Å². The van der Waals surface area contributed by atoms with Gasteiger partial charge in [0, 0.05) is 24.6 Å². The van der Waals surface area contributed by atoms with Crippen LogP contribution in [0.3, 0.4) is 0 Å². The molecule has 0 aromatic heterocycles. The van der Waals surface area contributed by atoms with E-state index in [2.05, 4.69) is 0 Å². The zero-order valence-corrected chi connectivity index (χ0v) is 11.5. The highest BCUT2D eigenvalue weighted by Crippen LogP contribution is 2.19. The largest absolute Gasteiger partial charge is 0.369 e. The van der Waals surface area contributed by atoms with Gasteiger partial charge in [-0.1, -0.05) is 12.1 Å². The number of primary amides is 1. The Morgan fingerprint density at radius 2 is 1.95 bits per heavy atom. The van der Waals surface area contributed by atoms with Crippen molar-refractivity contribution in [3.8, 4) is 0 Å². The van der Waals surface area contributed by atoms with Crippen LogP contribution in [0.1, 0.15) is 28.8 Å². The van der Waals surface area contributed by atoms with Gasteiger partial charge in [0.15, 0.2) is 0 Å². The summed E-state index contributed by atoms with van der Waals surface area (Å²) in [5.74, 6) is -0.337. The molecule has 0 bridgehead atoms. The first kappa shape index (κ1) is 14.5. The number of nitrogens with two attached hydrogens (primary N) is 2. The number of rotatable bonds is 4. The molecule has 1 fully saturated rings. The molecule has 2 rings (SSSR count). The quantitative estimate of drug-likeness (QED) is 0.839. The SMILES string of the molecule is NCCc1cccc(C(=O)N2CCC(C(N)=O)CC2)c1. The summed E-state index contributed by atoms with van der Waals surface area (Å²) in [6.45, 7) is 1.75. The molecule has 4 N–H and O–H groups in total. The minimum atomic E-state index is -0.262. The van der Waals surface area contributed by atoms with Crippen LogP contribution in [0.2, 0.25) is 0 Å². The maximum atomic E-state index is 12.4. The molecule has 5 heteroatoms. The molecular formula is C15H21N3O2. The molecule has 1 aliphatic rings. The van der Waals surface area contributed by atoms with Gasteiger partial charge < -0.3 is 16.4 Å². The van der Waals surface area contributed by atoms with E-state index < -0.39 is 0 Å². The predicted octanol–water partition coefficient (Wildman–Crippen LogP) is 0.525. The van der Waals surface area contributed by atoms with E-state index in [1.807, 2.05) is 24.3 Å². The monoisotopic (exact) mass is 275 g/mol. The highest BCUT2D eigenvalue weighted by atomic mass is 16.2. The van der Waals surface area contributed by atoms with Crippen molar-refractivity contribution in [2.75, 3.05) is 19.6 Å². The lowest BCUT2D eigenvalue weighted by atomic mass is 9.95. The summed E-state index contributed by atoms with van der Waals surface area (Å²) in [5, 5.41) is 0. The highest BCUT2D eigenvalue weighted by Gasteiger charge is 2.26. The number of carbonyl (C=O) groups is 2. The van der Waals surface area contributed by atoms with Gasteiger partial charge in [-0.15, -0.1) is 0 Å². The van der Waals surface area contributed by atoms with Crippen LogP contribution in [0.4, 0.5) is 0 Å². The second-order valence-corrected chi connectivity index (χ2v) is 5.21. The second-order valence-electron chi connectivity index (χ2n) is 5.21. The van der Waals surface area contributed by atoms with Crippen molar-refractivity contribution in [1.29, 1.82) is 0 Å². The predicted molar refractivity (Wildman–Crippen MR) is 77.0 cm³/mol. The zero-order chi connectivity index (χ0) is 14.5. The Hall–Kier alpha value is -1.88. The summed E-state index contributed by atoms with van der Waals surface area (Å²) in [7, 11) is 0. The fourth-order valence-electron chi connectivity index (χ4n) is 2.58. The minimum absolute atomic E-state index is 0.0202. The summed E-state index contributed by atoms with van der Waals surface area (Å²) in [6.07, 6.45) is 2.08. The van der Waals surface area contributed by atoms with Gasteiger partial charge in [-0.05, 0) is 43.5 Å². The molecule has 0 unspecified atom stereocenters. The lowest BCUT2D eigenvalue weighted by Gasteiger charge is -2.30. The van der Waals surface area contributed by atoms with E-state index in [-0.39, 0.29) is 17.7 Å². The van der Waals surface area contributed by atoms with E-state index in [4.69, 9.17) is 11.5 Å². The molecule has 0 radical (unpaired) electrons. The Kier molecular flexibility index (Phi) is 4.74. The van der Waals surface area contributed by atoms with Crippen LogP contribution in [-0.4, -0.2) is 36.3 Å². The number of nitrogens with zero attached hydrogens (tertiary/aromatic N) is 1. The first-order chi connectivity index (χ1) is 9.61. The van der Waals surface area contributed by atoms with Crippen molar-refractivity contribution in [2.45, 2.75) is 19.3 Å². The molecule has 0 spiro atoms. The Balaban J connectivity index is 2.01. The van der Waals surface area contributed by atoms with E-state index in [9.17, 15) is 9.59 Å². The molecule has 20 heavy (non-hydrogen) atoms. The molecule has 0 atom stereocenters. The van der Waals surface area contributed by atoms with Gasteiger partial charge in [-0.2, -0.15) is 0 Å². The van der Waals surface area contributed by atoms with E-state index >= 15 is 0 Å².